The minimum atomic E-state index is 0.0956. The molecule has 1 saturated heterocycles. The van der Waals surface area contributed by atoms with Crippen LogP contribution >= 0.6 is 23.5 Å². The maximum atomic E-state index is 12.4. The van der Waals surface area contributed by atoms with Crippen LogP contribution in [-0.2, 0) is 0 Å². The third-order valence-electron chi connectivity index (χ3n) is 4.83. The van der Waals surface area contributed by atoms with E-state index >= 15 is 0 Å². The van der Waals surface area contributed by atoms with E-state index in [1.807, 2.05) is 35.7 Å². The Hall–Kier alpha value is -0.610. The molecule has 0 atom stereocenters. The van der Waals surface area contributed by atoms with Crippen LogP contribution in [-0.4, -0.2) is 23.5 Å². The molecule has 22 heavy (non-hydrogen) atoms. The second-order valence-electron chi connectivity index (χ2n) is 6.29. The van der Waals surface area contributed by atoms with Gasteiger partial charge in [0.2, 0.25) is 0 Å². The molecule has 0 spiro atoms. The van der Waals surface area contributed by atoms with Gasteiger partial charge in [0.1, 0.15) is 0 Å². The first-order valence-electron chi connectivity index (χ1n) is 8.40. The maximum absolute atomic E-state index is 12.4. The van der Waals surface area contributed by atoms with E-state index in [-0.39, 0.29) is 5.91 Å². The summed E-state index contributed by atoms with van der Waals surface area (Å²) in [6.45, 7) is 2.27. The molecule has 2 fully saturated rings. The van der Waals surface area contributed by atoms with Crippen molar-refractivity contribution in [3.8, 4) is 0 Å². The Labute approximate surface area is 142 Å². The number of rotatable bonds is 4. The maximum Gasteiger partial charge on any atom is 0.251 e. The summed E-state index contributed by atoms with van der Waals surface area (Å²) in [6.07, 6.45) is 6.07. The summed E-state index contributed by atoms with van der Waals surface area (Å²) < 4.78 is 0.557. The average Bonchev–Trinajstić information content (AvgIpc) is 3.10. The van der Waals surface area contributed by atoms with E-state index in [2.05, 4.69) is 24.4 Å². The lowest BCUT2D eigenvalue weighted by Gasteiger charge is -2.28. The number of carbonyl (C=O) groups is 1. The molecule has 120 valence electrons. The third-order valence-corrected chi connectivity index (χ3v) is 7.93. The Bertz CT molecular complexity index is 488. The molecular weight excluding hydrogens is 310 g/mol. The summed E-state index contributed by atoms with van der Waals surface area (Å²) in [5.41, 5.74) is 2.14. The molecule has 3 rings (SSSR count). The molecule has 1 N–H and O–H groups in total. The first-order chi connectivity index (χ1) is 10.8. The Kier molecular flexibility index (Phi) is 5.75. The van der Waals surface area contributed by atoms with Gasteiger partial charge in [-0.05, 0) is 49.3 Å². The van der Waals surface area contributed by atoms with Gasteiger partial charge in [0.25, 0.3) is 5.91 Å². The minimum absolute atomic E-state index is 0.0956. The van der Waals surface area contributed by atoms with Gasteiger partial charge in [0.15, 0.2) is 0 Å². The Morgan fingerprint density at radius 3 is 2.32 bits per heavy atom. The molecule has 0 bridgehead atoms. The fourth-order valence-electron chi connectivity index (χ4n) is 3.33. The van der Waals surface area contributed by atoms with Crippen LogP contribution in [0.5, 0.6) is 0 Å². The zero-order chi connectivity index (χ0) is 15.4. The van der Waals surface area contributed by atoms with Crippen LogP contribution in [0.4, 0.5) is 0 Å². The number of amides is 1. The van der Waals surface area contributed by atoms with Crippen LogP contribution < -0.4 is 5.32 Å². The molecule has 1 heterocycles. The smallest absolute Gasteiger partial charge is 0.251 e. The highest BCUT2D eigenvalue weighted by Crippen LogP contribution is 2.45. The quantitative estimate of drug-likeness (QED) is 0.851. The summed E-state index contributed by atoms with van der Waals surface area (Å²) in [7, 11) is 0. The van der Waals surface area contributed by atoms with E-state index in [0.717, 1.165) is 24.3 Å². The van der Waals surface area contributed by atoms with Gasteiger partial charge >= 0.3 is 0 Å². The van der Waals surface area contributed by atoms with Gasteiger partial charge in [-0.15, -0.1) is 23.5 Å². The third kappa shape index (κ3) is 4.02. The SMILES string of the molecule is CCC1CCC(NC(=O)c2ccc(C3SCCS3)cc2)CC1. The Balaban J connectivity index is 1.54. The minimum Gasteiger partial charge on any atom is -0.349 e. The fourth-order valence-corrected chi connectivity index (χ4v) is 6.19. The van der Waals surface area contributed by atoms with E-state index in [9.17, 15) is 4.79 Å². The van der Waals surface area contributed by atoms with Crippen molar-refractivity contribution < 1.29 is 4.79 Å². The zero-order valence-electron chi connectivity index (χ0n) is 13.2. The fraction of sp³-hybridized carbons (Fsp3) is 0.611. The predicted octanol–water partition coefficient (Wildman–Crippen LogP) is 4.86. The molecule has 4 heteroatoms. The van der Waals surface area contributed by atoms with Crippen molar-refractivity contribution in [1.29, 1.82) is 0 Å². The van der Waals surface area contributed by atoms with E-state index in [0.29, 0.717) is 10.6 Å². The second kappa shape index (κ2) is 7.78. The van der Waals surface area contributed by atoms with Gasteiger partial charge in [-0.25, -0.2) is 0 Å². The number of benzene rings is 1. The standard InChI is InChI=1S/C18H25NOS2/c1-2-13-3-9-16(10-4-13)19-17(20)14-5-7-15(8-6-14)18-21-11-12-22-18/h5-8,13,16,18H,2-4,9-12H2,1H3,(H,19,20). The molecule has 1 aromatic carbocycles. The summed E-state index contributed by atoms with van der Waals surface area (Å²) in [6, 6.07) is 8.59. The summed E-state index contributed by atoms with van der Waals surface area (Å²) in [5, 5.41) is 3.22. The van der Waals surface area contributed by atoms with Crippen molar-refractivity contribution in [2.24, 2.45) is 5.92 Å². The Morgan fingerprint density at radius 1 is 1.09 bits per heavy atom. The summed E-state index contributed by atoms with van der Waals surface area (Å²) in [5.74, 6) is 3.43. The molecule has 0 radical (unpaired) electrons. The summed E-state index contributed by atoms with van der Waals surface area (Å²) >= 11 is 4.01. The molecular formula is C18H25NOS2. The van der Waals surface area contributed by atoms with Crippen molar-refractivity contribution >= 4 is 29.4 Å². The number of thioether (sulfide) groups is 2. The lowest BCUT2D eigenvalue weighted by molar-refractivity contribution is 0.0921. The topological polar surface area (TPSA) is 29.1 Å². The molecule has 2 nitrogen and oxygen atoms in total. The normalized spacial score (nSPS) is 26.0. The van der Waals surface area contributed by atoms with Gasteiger partial charge in [0.05, 0.1) is 4.58 Å². The molecule has 1 amide bonds. The van der Waals surface area contributed by atoms with Gasteiger partial charge < -0.3 is 5.32 Å². The van der Waals surface area contributed by atoms with Crippen LogP contribution in [0.1, 0.15) is 59.5 Å². The van der Waals surface area contributed by atoms with Crippen LogP contribution in [0, 0.1) is 5.92 Å². The zero-order valence-corrected chi connectivity index (χ0v) is 14.8. The highest BCUT2D eigenvalue weighted by Gasteiger charge is 2.22. The molecule has 1 saturated carbocycles. The van der Waals surface area contributed by atoms with Crippen LogP contribution in [0.15, 0.2) is 24.3 Å². The lowest BCUT2D eigenvalue weighted by atomic mass is 9.84. The number of hydrogen-bond acceptors (Lipinski definition) is 3. The van der Waals surface area contributed by atoms with Crippen molar-refractivity contribution in [3.63, 3.8) is 0 Å². The molecule has 1 aromatic rings. The number of nitrogens with one attached hydrogen (secondary N) is 1. The second-order valence-corrected chi connectivity index (χ2v) is 9.02. The Morgan fingerprint density at radius 2 is 1.73 bits per heavy atom. The van der Waals surface area contributed by atoms with Crippen LogP contribution in [0.2, 0.25) is 0 Å². The number of carbonyl (C=O) groups excluding carboxylic acids is 1. The first-order valence-corrected chi connectivity index (χ1v) is 10.5. The first kappa shape index (κ1) is 16.3. The predicted molar refractivity (Wildman–Crippen MR) is 97.6 cm³/mol. The van der Waals surface area contributed by atoms with E-state index in [4.69, 9.17) is 0 Å². The monoisotopic (exact) mass is 335 g/mol. The molecule has 0 unspecified atom stereocenters. The molecule has 1 aliphatic heterocycles. The van der Waals surface area contributed by atoms with E-state index in [1.54, 1.807) is 0 Å². The van der Waals surface area contributed by atoms with Gasteiger partial charge in [0, 0.05) is 23.1 Å². The van der Waals surface area contributed by atoms with E-state index in [1.165, 1.54) is 36.3 Å². The average molecular weight is 336 g/mol. The van der Waals surface area contributed by atoms with Gasteiger partial charge in [-0.1, -0.05) is 25.5 Å². The largest absolute Gasteiger partial charge is 0.349 e. The van der Waals surface area contributed by atoms with E-state index < -0.39 is 0 Å². The molecule has 0 aromatic heterocycles. The summed E-state index contributed by atoms with van der Waals surface area (Å²) in [4.78, 5) is 12.4. The number of hydrogen-bond donors (Lipinski definition) is 1. The van der Waals surface area contributed by atoms with Crippen molar-refractivity contribution in [3.05, 3.63) is 35.4 Å². The van der Waals surface area contributed by atoms with Crippen LogP contribution in [0.25, 0.3) is 0 Å². The molecule has 1 aliphatic carbocycles. The van der Waals surface area contributed by atoms with Crippen molar-refractivity contribution in [2.75, 3.05) is 11.5 Å². The van der Waals surface area contributed by atoms with Gasteiger partial charge in [-0.3, -0.25) is 4.79 Å². The lowest BCUT2D eigenvalue weighted by Crippen LogP contribution is -2.37. The van der Waals surface area contributed by atoms with Crippen molar-refractivity contribution in [1.82, 2.24) is 5.32 Å². The van der Waals surface area contributed by atoms with Crippen LogP contribution in [0.3, 0.4) is 0 Å². The van der Waals surface area contributed by atoms with Crippen molar-refractivity contribution in [2.45, 2.75) is 49.7 Å². The molecule has 2 aliphatic rings. The highest BCUT2D eigenvalue weighted by atomic mass is 32.2. The highest BCUT2D eigenvalue weighted by molar-refractivity contribution is 8.19. The van der Waals surface area contributed by atoms with Gasteiger partial charge in [-0.2, -0.15) is 0 Å².